The molecule has 4 aromatic rings. The Morgan fingerprint density at radius 3 is 2.58 bits per heavy atom. The summed E-state index contributed by atoms with van der Waals surface area (Å²) >= 11 is 12.9. The van der Waals surface area contributed by atoms with Crippen molar-refractivity contribution in [3.63, 3.8) is 0 Å². The van der Waals surface area contributed by atoms with Gasteiger partial charge in [0.2, 0.25) is 0 Å². The number of carboxylic acid groups (broad SMARTS) is 1. The summed E-state index contributed by atoms with van der Waals surface area (Å²) in [5.41, 5.74) is 13.3. The Labute approximate surface area is 229 Å². The molecule has 4 rings (SSSR count). The summed E-state index contributed by atoms with van der Waals surface area (Å²) in [6, 6.07) is 11.7. The number of aromatic nitrogens is 2. The molecule has 2 aromatic carbocycles. The number of halogens is 2. The summed E-state index contributed by atoms with van der Waals surface area (Å²) in [6.07, 6.45) is 1.92. The molecule has 11 heteroatoms. The van der Waals surface area contributed by atoms with Gasteiger partial charge in [0.25, 0.3) is 11.7 Å². The number of oxazole rings is 1. The predicted octanol–water partition coefficient (Wildman–Crippen LogP) is 4.85. The second kappa shape index (κ2) is 12.0. The number of ether oxygens (including phenoxy) is 1. The lowest BCUT2D eigenvalue weighted by atomic mass is 9.95. The van der Waals surface area contributed by atoms with Crippen LogP contribution in [0.3, 0.4) is 0 Å². The van der Waals surface area contributed by atoms with Crippen LogP contribution in [0.5, 0.6) is 5.75 Å². The first-order valence-electron chi connectivity index (χ1n) is 12.1. The minimum Gasteiger partial charge on any atom is -0.494 e. The fourth-order valence-corrected chi connectivity index (χ4v) is 4.84. The van der Waals surface area contributed by atoms with Crippen LogP contribution in [0.1, 0.15) is 53.3 Å². The number of carbonyl (C=O) groups is 2. The van der Waals surface area contributed by atoms with Crippen molar-refractivity contribution < 1.29 is 23.8 Å². The maximum Gasteiger partial charge on any atom is 0.320 e. The van der Waals surface area contributed by atoms with Gasteiger partial charge in [-0.25, -0.2) is 4.98 Å². The highest BCUT2D eigenvalue weighted by Gasteiger charge is 2.29. The van der Waals surface area contributed by atoms with Crippen LogP contribution in [-0.4, -0.2) is 45.6 Å². The highest BCUT2D eigenvalue weighted by atomic mass is 35.5. The molecule has 38 heavy (non-hydrogen) atoms. The van der Waals surface area contributed by atoms with Crippen LogP contribution >= 0.6 is 23.2 Å². The van der Waals surface area contributed by atoms with Gasteiger partial charge in [-0.15, -0.1) is 0 Å². The van der Waals surface area contributed by atoms with Crippen molar-refractivity contribution >= 4 is 45.9 Å². The number of nitrogens with zero attached hydrogens (tertiary/aromatic N) is 2. The molecular weight excluding hydrogens is 531 g/mol. The Kier molecular flexibility index (Phi) is 8.73. The Balaban J connectivity index is 1.75. The van der Waals surface area contributed by atoms with Gasteiger partial charge in [0.05, 0.1) is 23.9 Å². The maximum atomic E-state index is 13.7. The van der Waals surface area contributed by atoms with Gasteiger partial charge in [-0.2, -0.15) is 0 Å². The molecule has 200 valence electrons. The molecular formula is C27H28Cl2N4O5. The molecule has 0 spiro atoms. The van der Waals surface area contributed by atoms with Gasteiger partial charge in [-0.05, 0) is 62.2 Å². The van der Waals surface area contributed by atoms with Gasteiger partial charge in [-0.3, -0.25) is 9.59 Å². The molecule has 9 nitrogen and oxygen atoms in total. The van der Waals surface area contributed by atoms with Crippen LogP contribution in [0.4, 0.5) is 0 Å². The third-order valence-corrected chi connectivity index (χ3v) is 6.90. The smallest absolute Gasteiger partial charge is 0.320 e. The van der Waals surface area contributed by atoms with Gasteiger partial charge in [0.15, 0.2) is 0 Å². The lowest BCUT2D eigenvalue weighted by molar-refractivity contribution is -0.138. The SMILES string of the molecule is CCOc1ccc2c(c1)c(C(=O)c1ncc(C(CCN)C[C@H](N)C(=O)O)o1)c(Cl)n2Cc1ccc(Cl)cc1. The van der Waals surface area contributed by atoms with Gasteiger partial charge in [0.1, 0.15) is 22.7 Å². The predicted molar refractivity (Wildman–Crippen MR) is 145 cm³/mol. The van der Waals surface area contributed by atoms with E-state index in [9.17, 15) is 14.7 Å². The van der Waals surface area contributed by atoms with Crippen molar-refractivity contribution in [2.45, 2.75) is 38.3 Å². The van der Waals surface area contributed by atoms with E-state index < -0.39 is 23.7 Å². The molecule has 5 N–H and O–H groups in total. The second-order valence-electron chi connectivity index (χ2n) is 8.84. The summed E-state index contributed by atoms with van der Waals surface area (Å²) in [6.45, 7) is 3.01. The van der Waals surface area contributed by atoms with Crippen molar-refractivity contribution in [2.75, 3.05) is 13.2 Å². The third-order valence-electron chi connectivity index (χ3n) is 6.25. The van der Waals surface area contributed by atoms with E-state index in [0.717, 1.165) is 11.1 Å². The summed E-state index contributed by atoms with van der Waals surface area (Å²) in [7, 11) is 0. The van der Waals surface area contributed by atoms with E-state index in [4.69, 9.17) is 43.8 Å². The molecule has 2 heterocycles. The summed E-state index contributed by atoms with van der Waals surface area (Å²) < 4.78 is 13.3. The van der Waals surface area contributed by atoms with Crippen LogP contribution < -0.4 is 16.2 Å². The van der Waals surface area contributed by atoms with Gasteiger partial charge >= 0.3 is 5.97 Å². The zero-order chi connectivity index (χ0) is 27.4. The maximum absolute atomic E-state index is 13.7. The van der Waals surface area contributed by atoms with Gasteiger partial charge in [0, 0.05) is 22.9 Å². The summed E-state index contributed by atoms with van der Waals surface area (Å²) in [4.78, 5) is 29.2. The molecule has 2 atom stereocenters. The number of benzene rings is 2. The highest BCUT2D eigenvalue weighted by Crippen LogP contribution is 2.36. The van der Waals surface area contributed by atoms with Crippen molar-refractivity contribution in [2.24, 2.45) is 11.5 Å². The number of carbonyl (C=O) groups excluding carboxylic acids is 1. The van der Waals surface area contributed by atoms with Crippen molar-refractivity contribution in [1.82, 2.24) is 9.55 Å². The molecule has 0 saturated carbocycles. The number of fused-ring (bicyclic) bond motifs is 1. The fraction of sp³-hybridized carbons (Fsp3) is 0.296. The van der Waals surface area contributed by atoms with E-state index in [0.29, 0.717) is 41.5 Å². The molecule has 0 radical (unpaired) electrons. The first kappa shape index (κ1) is 27.7. The highest BCUT2D eigenvalue weighted by molar-refractivity contribution is 6.36. The first-order chi connectivity index (χ1) is 18.2. The number of aliphatic carboxylic acids is 1. The average molecular weight is 559 g/mol. The molecule has 0 aliphatic heterocycles. The largest absolute Gasteiger partial charge is 0.494 e. The monoisotopic (exact) mass is 558 g/mol. The number of nitrogens with two attached hydrogens (primary N) is 2. The van der Waals surface area contributed by atoms with E-state index in [1.165, 1.54) is 6.20 Å². The molecule has 0 aliphatic rings. The van der Waals surface area contributed by atoms with Gasteiger partial charge in [-0.1, -0.05) is 35.3 Å². The van der Waals surface area contributed by atoms with E-state index in [-0.39, 0.29) is 29.6 Å². The number of hydrogen-bond donors (Lipinski definition) is 3. The van der Waals surface area contributed by atoms with Crippen LogP contribution in [0.25, 0.3) is 10.9 Å². The van der Waals surface area contributed by atoms with E-state index in [2.05, 4.69) is 4.98 Å². The van der Waals surface area contributed by atoms with E-state index in [1.54, 1.807) is 18.2 Å². The Hall–Kier alpha value is -3.37. The second-order valence-corrected chi connectivity index (χ2v) is 9.64. The van der Waals surface area contributed by atoms with Crippen LogP contribution in [0, 0.1) is 0 Å². The minimum atomic E-state index is -1.13. The summed E-state index contributed by atoms with van der Waals surface area (Å²) in [5, 5.41) is 10.6. The quantitative estimate of drug-likeness (QED) is 0.209. The molecule has 0 fully saturated rings. The molecule has 1 unspecified atom stereocenters. The molecule has 0 bridgehead atoms. The molecule has 0 amide bonds. The van der Waals surface area contributed by atoms with Crippen molar-refractivity contribution in [3.8, 4) is 5.75 Å². The van der Waals surface area contributed by atoms with Crippen LogP contribution in [-0.2, 0) is 11.3 Å². The average Bonchev–Trinajstić information content (AvgIpc) is 3.48. The van der Waals surface area contributed by atoms with E-state index >= 15 is 0 Å². The summed E-state index contributed by atoms with van der Waals surface area (Å²) in [5.74, 6) is -1.29. The number of hydrogen-bond acceptors (Lipinski definition) is 7. The zero-order valence-corrected chi connectivity index (χ0v) is 22.2. The van der Waals surface area contributed by atoms with Crippen molar-refractivity contribution in [1.29, 1.82) is 0 Å². The molecule has 2 aromatic heterocycles. The number of carboxylic acids is 1. The Morgan fingerprint density at radius 2 is 1.92 bits per heavy atom. The molecule has 0 saturated heterocycles. The molecule has 0 aliphatic carbocycles. The van der Waals surface area contributed by atoms with Crippen LogP contribution in [0.2, 0.25) is 10.2 Å². The lowest BCUT2D eigenvalue weighted by Crippen LogP contribution is -2.32. The normalized spacial score (nSPS) is 13.0. The third kappa shape index (κ3) is 5.86. The first-order valence-corrected chi connectivity index (χ1v) is 12.9. The minimum absolute atomic E-state index is 0.0915. The standard InChI is InChI=1S/C27H28Cl2N4O5/c1-2-37-18-7-8-21-19(12-18)23(25(29)33(21)14-15-3-5-17(28)6-4-15)24(34)26-32-13-22(38-26)16(9-10-30)11-20(31)27(35)36/h3-8,12-13,16,20H,2,9-11,14,30-31H2,1H3,(H,35,36)/t16?,20-/m0/s1. The fourth-order valence-electron chi connectivity index (χ4n) is 4.37. The van der Waals surface area contributed by atoms with Crippen molar-refractivity contribution in [3.05, 3.63) is 81.6 Å². The number of ketones is 1. The van der Waals surface area contributed by atoms with Gasteiger partial charge < -0.3 is 30.3 Å². The topological polar surface area (TPSA) is 147 Å². The number of rotatable bonds is 12. The Morgan fingerprint density at radius 1 is 1.18 bits per heavy atom. The lowest BCUT2D eigenvalue weighted by Gasteiger charge is -2.15. The Bertz CT molecular complexity index is 1450. The zero-order valence-electron chi connectivity index (χ0n) is 20.7. The van der Waals surface area contributed by atoms with Crippen LogP contribution in [0.15, 0.2) is 53.1 Å². The van der Waals surface area contributed by atoms with E-state index in [1.807, 2.05) is 35.8 Å².